The molecule has 0 radical (unpaired) electrons. The molecule has 1 saturated carbocycles. The Bertz CT molecular complexity index is 574. The van der Waals surface area contributed by atoms with Crippen LogP contribution in [0.25, 0.3) is 0 Å². The predicted molar refractivity (Wildman–Crippen MR) is 91.2 cm³/mol. The van der Waals surface area contributed by atoms with Crippen LogP contribution in [0.15, 0.2) is 12.2 Å². The summed E-state index contributed by atoms with van der Waals surface area (Å²) in [4.78, 5) is 5.15. The van der Waals surface area contributed by atoms with E-state index in [1.54, 1.807) is 0 Å². The maximum absolute atomic E-state index is 4.44. The molecule has 126 valence electrons. The zero-order valence-corrected chi connectivity index (χ0v) is 14.5. The summed E-state index contributed by atoms with van der Waals surface area (Å²) >= 11 is 0. The molecule has 2 unspecified atom stereocenters. The highest BCUT2D eigenvalue weighted by molar-refractivity contribution is 5.08. The Balaban J connectivity index is 1.35. The van der Waals surface area contributed by atoms with Crippen molar-refractivity contribution < 1.29 is 0 Å². The van der Waals surface area contributed by atoms with Crippen LogP contribution in [0, 0.1) is 0 Å². The third-order valence-electron chi connectivity index (χ3n) is 5.85. The molecule has 1 aromatic heterocycles. The Morgan fingerprint density at radius 2 is 2.09 bits per heavy atom. The van der Waals surface area contributed by atoms with Crippen molar-refractivity contribution in [1.29, 1.82) is 0 Å². The van der Waals surface area contributed by atoms with Crippen molar-refractivity contribution in [3.8, 4) is 0 Å². The summed E-state index contributed by atoms with van der Waals surface area (Å²) < 4.78 is 2.23. The largest absolute Gasteiger partial charge is 0.317 e. The summed E-state index contributed by atoms with van der Waals surface area (Å²) in [6.07, 6.45) is 12.6. The van der Waals surface area contributed by atoms with Gasteiger partial charge in [0.15, 0.2) is 0 Å². The monoisotopic (exact) mass is 315 g/mol. The van der Waals surface area contributed by atoms with Crippen LogP contribution in [0.3, 0.4) is 0 Å². The number of aromatic nitrogens is 3. The van der Waals surface area contributed by atoms with Gasteiger partial charge in [0.1, 0.15) is 11.6 Å². The van der Waals surface area contributed by atoms with E-state index in [0.717, 1.165) is 12.4 Å². The van der Waals surface area contributed by atoms with Crippen LogP contribution in [-0.4, -0.2) is 56.8 Å². The highest BCUT2D eigenvalue weighted by Crippen LogP contribution is 2.38. The smallest absolute Gasteiger partial charge is 0.146 e. The number of hydrogen-bond donors (Lipinski definition) is 0. The molecule has 1 aliphatic heterocycles. The molecular weight excluding hydrogens is 286 g/mol. The van der Waals surface area contributed by atoms with Gasteiger partial charge in [-0.25, -0.2) is 0 Å². The van der Waals surface area contributed by atoms with Gasteiger partial charge < -0.3 is 4.57 Å². The van der Waals surface area contributed by atoms with Gasteiger partial charge in [0.05, 0.1) is 6.54 Å². The number of allylic oxidation sites excluding steroid dienone is 1. The molecule has 5 heteroatoms. The van der Waals surface area contributed by atoms with Gasteiger partial charge in [-0.3, -0.25) is 9.80 Å². The highest BCUT2D eigenvalue weighted by atomic mass is 15.3. The number of hydrogen-bond acceptors (Lipinski definition) is 4. The summed E-state index contributed by atoms with van der Waals surface area (Å²) in [5, 5.41) is 8.86. The van der Waals surface area contributed by atoms with Crippen molar-refractivity contribution in [1.82, 2.24) is 24.6 Å². The van der Waals surface area contributed by atoms with Crippen molar-refractivity contribution in [3.05, 3.63) is 23.8 Å². The Morgan fingerprint density at radius 3 is 2.83 bits per heavy atom. The number of likely N-dealkylation sites (tertiary alicyclic amines) is 1. The van der Waals surface area contributed by atoms with Gasteiger partial charge in [-0.2, -0.15) is 0 Å². The molecule has 0 spiro atoms. The minimum absolute atomic E-state index is 0.645. The minimum atomic E-state index is 0.645. The molecule has 1 saturated heterocycles. The van der Waals surface area contributed by atoms with Crippen LogP contribution < -0.4 is 0 Å². The van der Waals surface area contributed by atoms with E-state index >= 15 is 0 Å². The average molecular weight is 315 g/mol. The number of likely N-dealkylation sites (N-methyl/N-ethyl adjacent to an activating group) is 1. The molecule has 1 aromatic rings. The average Bonchev–Trinajstić information content (AvgIpc) is 3.17. The van der Waals surface area contributed by atoms with E-state index < -0.39 is 0 Å². The molecule has 2 heterocycles. The van der Waals surface area contributed by atoms with Crippen LogP contribution in [0.1, 0.15) is 56.1 Å². The fraction of sp³-hybridized carbons (Fsp3) is 0.778. The van der Waals surface area contributed by atoms with Gasteiger partial charge in [-0.1, -0.05) is 12.2 Å². The molecule has 5 nitrogen and oxygen atoms in total. The van der Waals surface area contributed by atoms with Crippen molar-refractivity contribution >= 4 is 0 Å². The van der Waals surface area contributed by atoms with E-state index in [9.17, 15) is 0 Å². The van der Waals surface area contributed by atoms with Gasteiger partial charge in [-0.15, -0.1) is 10.2 Å². The second kappa shape index (κ2) is 6.36. The third-order valence-corrected chi connectivity index (χ3v) is 5.85. The van der Waals surface area contributed by atoms with Gasteiger partial charge >= 0.3 is 0 Å². The molecule has 2 atom stereocenters. The fourth-order valence-corrected chi connectivity index (χ4v) is 4.09. The van der Waals surface area contributed by atoms with Crippen LogP contribution in [0.5, 0.6) is 0 Å². The fourth-order valence-electron chi connectivity index (χ4n) is 4.09. The predicted octanol–water partition coefficient (Wildman–Crippen LogP) is 2.31. The van der Waals surface area contributed by atoms with Crippen molar-refractivity contribution in [2.45, 2.75) is 63.1 Å². The topological polar surface area (TPSA) is 37.2 Å². The Kier molecular flexibility index (Phi) is 4.24. The third kappa shape index (κ3) is 3.22. The molecule has 0 amide bonds. The first kappa shape index (κ1) is 15.3. The standard InChI is InChI=1S/C18H29N5/c1-21(13-17-19-20-18(22(17)2)14-8-9-14)16-10-11-23(12-16)15-6-4-3-5-7-15/h4,6,14-16H,3,5,7-13H2,1-2H3. The quantitative estimate of drug-likeness (QED) is 0.782. The van der Waals surface area contributed by atoms with Crippen LogP contribution in [-0.2, 0) is 13.6 Å². The maximum Gasteiger partial charge on any atom is 0.146 e. The molecule has 3 aliphatic rings. The van der Waals surface area contributed by atoms with E-state index in [1.807, 2.05) is 0 Å². The number of rotatable bonds is 5. The van der Waals surface area contributed by atoms with Gasteiger partial charge in [0.2, 0.25) is 0 Å². The van der Waals surface area contributed by atoms with Gasteiger partial charge in [0.25, 0.3) is 0 Å². The van der Waals surface area contributed by atoms with Crippen LogP contribution in [0.2, 0.25) is 0 Å². The molecule has 2 aliphatic carbocycles. The molecular formula is C18H29N5. The summed E-state index contributed by atoms with van der Waals surface area (Å²) in [5.74, 6) is 2.98. The SMILES string of the molecule is CN(Cc1nnc(C2CC2)n1C)C1CCN(C2C=CCCC2)C1. The first-order valence-corrected chi connectivity index (χ1v) is 9.21. The molecule has 0 N–H and O–H groups in total. The Labute approximate surface area is 139 Å². The Morgan fingerprint density at radius 1 is 1.22 bits per heavy atom. The first-order chi connectivity index (χ1) is 11.2. The van der Waals surface area contributed by atoms with E-state index in [-0.39, 0.29) is 0 Å². The zero-order valence-electron chi connectivity index (χ0n) is 14.5. The lowest BCUT2D eigenvalue weighted by Crippen LogP contribution is -2.38. The maximum atomic E-state index is 4.44. The van der Waals surface area contributed by atoms with Gasteiger partial charge in [0, 0.05) is 38.1 Å². The van der Waals surface area contributed by atoms with E-state index in [4.69, 9.17) is 0 Å². The zero-order chi connectivity index (χ0) is 15.8. The lowest BCUT2D eigenvalue weighted by Gasteiger charge is -2.29. The van der Waals surface area contributed by atoms with Crippen LogP contribution >= 0.6 is 0 Å². The highest BCUT2D eigenvalue weighted by Gasteiger charge is 2.32. The van der Waals surface area contributed by atoms with E-state index in [1.165, 1.54) is 57.4 Å². The summed E-state index contributed by atoms with van der Waals surface area (Å²) in [6.45, 7) is 3.34. The minimum Gasteiger partial charge on any atom is -0.317 e. The molecule has 4 rings (SSSR count). The Hall–Kier alpha value is -1.20. The van der Waals surface area contributed by atoms with Crippen molar-refractivity contribution in [2.24, 2.45) is 7.05 Å². The lowest BCUT2D eigenvalue weighted by atomic mass is 10.0. The summed E-state index contributed by atoms with van der Waals surface area (Å²) in [5.41, 5.74) is 0. The molecule has 0 bridgehead atoms. The lowest BCUT2D eigenvalue weighted by molar-refractivity contribution is 0.200. The molecule has 2 fully saturated rings. The van der Waals surface area contributed by atoms with Gasteiger partial charge in [-0.05, 0) is 45.6 Å². The molecule has 23 heavy (non-hydrogen) atoms. The van der Waals surface area contributed by atoms with Crippen molar-refractivity contribution in [2.75, 3.05) is 20.1 Å². The summed E-state index contributed by atoms with van der Waals surface area (Å²) in [7, 11) is 4.38. The summed E-state index contributed by atoms with van der Waals surface area (Å²) in [6, 6.07) is 1.32. The second-order valence-corrected chi connectivity index (χ2v) is 7.59. The number of nitrogens with zero attached hydrogens (tertiary/aromatic N) is 5. The van der Waals surface area contributed by atoms with E-state index in [0.29, 0.717) is 18.0 Å². The van der Waals surface area contributed by atoms with Crippen molar-refractivity contribution in [3.63, 3.8) is 0 Å². The normalized spacial score (nSPS) is 28.8. The second-order valence-electron chi connectivity index (χ2n) is 7.59. The molecule has 0 aromatic carbocycles. The first-order valence-electron chi connectivity index (χ1n) is 9.21. The van der Waals surface area contributed by atoms with Crippen LogP contribution in [0.4, 0.5) is 0 Å². The van der Waals surface area contributed by atoms with E-state index in [2.05, 4.69) is 50.8 Å².